The third-order valence-electron chi connectivity index (χ3n) is 2.64. The maximum absolute atomic E-state index is 12.5. The Labute approximate surface area is 133 Å². The van der Waals surface area contributed by atoms with Crippen LogP contribution in [-0.4, -0.2) is 46.9 Å². The molecule has 0 fully saturated rings. The van der Waals surface area contributed by atoms with E-state index in [0.717, 1.165) is 0 Å². The molecule has 0 aliphatic rings. The largest absolute Gasteiger partial charge is 0.478 e. The second kappa shape index (κ2) is 6.86. The summed E-state index contributed by atoms with van der Waals surface area (Å²) in [5.41, 5.74) is -7.28. The zero-order valence-corrected chi connectivity index (χ0v) is 11.4. The van der Waals surface area contributed by atoms with E-state index in [1.807, 2.05) is 0 Å². The molecule has 0 unspecified atom stereocenters. The lowest BCUT2D eigenvalue weighted by atomic mass is 9.85. The molecule has 0 radical (unpaired) electrons. The summed E-state index contributed by atoms with van der Waals surface area (Å²) in [5, 5.41) is 16.8. The van der Waals surface area contributed by atoms with Gasteiger partial charge in [-0.15, -0.1) is 0 Å². The fourth-order valence-corrected chi connectivity index (χ4v) is 1.81. The maximum Gasteiger partial charge on any atom is 0.404 e. The van der Waals surface area contributed by atoms with E-state index in [2.05, 4.69) is 0 Å². The van der Waals surface area contributed by atoms with Gasteiger partial charge < -0.3 is 10.2 Å². The number of aliphatic carboxylic acids is 2. The van der Waals surface area contributed by atoms with Gasteiger partial charge in [0.25, 0.3) is 0 Å². The summed E-state index contributed by atoms with van der Waals surface area (Å²) in [6.45, 7) is 0. The van der Waals surface area contributed by atoms with Crippen molar-refractivity contribution in [2.45, 2.75) is 24.7 Å². The van der Waals surface area contributed by atoms with Crippen LogP contribution < -0.4 is 0 Å². The highest BCUT2D eigenvalue weighted by Crippen LogP contribution is 2.50. The molecule has 0 rings (SSSR count). The summed E-state index contributed by atoms with van der Waals surface area (Å²) in [7, 11) is 0. The van der Waals surface area contributed by atoms with E-state index < -0.39 is 59.6 Å². The molecule has 0 atom stereocenters. The van der Waals surface area contributed by atoms with Gasteiger partial charge in [0.15, 0.2) is 11.8 Å². The van der Waals surface area contributed by atoms with Gasteiger partial charge in [0.05, 0.1) is 11.1 Å². The molecular weight excluding hydrogens is 412 g/mol. The van der Waals surface area contributed by atoms with E-state index in [4.69, 9.17) is 10.2 Å². The van der Waals surface area contributed by atoms with Crippen LogP contribution in [0.25, 0.3) is 0 Å². The molecular formula is C10H4F12O4. The Hall–Kier alpha value is -2.16. The third-order valence-corrected chi connectivity index (χ3v) is 2.64. The summed E-state index contributed by atoms with van der Waals surface area (Å²) in [4.78, 5) is 21.4. The van der Waals surface area contributed by atoms with Gasteiger partial charge in [0.2, 0.25) is 0 Å². The predicted molar refractivity (Wildman–Crippen MR) is 53.5 cm³/mol. The average molecular weight is 416 g/mol. The van der Waals surface area contributed by atoms with E-state index in [-0.39, 0.29) is 0 Å². The molecule has 0 aliphatic heterocycles. The lowest BCUT2D eigenvalue weighted by Gasteiger charge is -2.29. The quantitative estimate of drug-likeness (QED) is 0.538. The summed E-state index contributed by atoms with van der Waals surface area (Å²) in [6, 6.07) is 0. The molecule has 152 valence electrons. The highest BCUT2D eigenvalue weighted by molar-refractivity contribution is 6.00. The second-order valence-electron chi connectivity index (χ2n) is 4.47. The van der Waals surface area contributed by atoms with Crippen LogP contribution in [0, 0.1) is 11.8 Å². The van der Waals surface area contributed by atoms with Gasteiger partial charge in [-0.2, -0.15) is 52.7 Å². The molecule has 0 heterocycles. The number of alkyl halides is 12. The fourth-order valence-electron chi connectivity index (χ4n) is 1.81. The number of rotatable bonds is 4. The molecule has 0 aliphatic carbocycles. The third kappa shape index (κ3) is 5.42. The Balaban J connectivity index is 7.31. The molecule has 0 bridgehead atoms. The van der Waals surface area contributed by atoms with Crippen molar-refractivity contribution >= 4 is 11.9 Å². The smallest absolute Gasteiger partial charge is 0.404 e. The van der Waals surface area contributed by atoms with Crippen molar-refractivity contribution in [2.24, 2.45) is 11.8 Å². The van der Waals surface area contributed by atoms with E-state index in [9.17, 15) is 62.3 Å². The topological polar surface area (TPSA) is 74.6 Å². The summed E-state index contributed by atoms with van der Waals surface area (Å²) in [6.07, 6.45) is -27.0. The van der Waals surface area contributed by atoms with Crippen molar-refractivity contribution in [1.82, 2.24) is 0 Å². The number of halogens is 12. The van der Waals surface area contributed by atoms with Crippen molar-refractivity contribution in [3.05, 3.63) is 11.1 Å². The minimum Gasteiger partial charge on any atom is -0.478 e. The molecule has 16 heteroatoms. The van der Waals surface area contributed by atoms with Gasteiger partial charge in [0.1, 0.15) is 0 Å². The Morgan fingerprint density at radius 3 is 0.731 bits per heavy atom. The number of hydrogen-bond acceptors (Lipinski definition) is 2. The number of carboxylic acid groups (broad SMARTS) is 2. The van der Waals surface area contributed by atoms with Gasteiger partial charge in [-0.05, 0) is 0 Å². The summed E-state index contributed by atoms with van der Waals surface area (Å²) in [5.74, 6) is -18.0. The van der Waals surface area contributed by atoms with Crippen LogP contribution in [0.5, 0.6) is 0 Å². The molecule has 0 aromatic rings. The van der Waals surface area contributed by atoms with Crippen LogP contribution >= 0.6 is 0 Å². The van der Waals surface area contributed by atoms with Gasteiger partial charge in [-0.25, -0.2) is 9.59 Å². The summed E-state index contributed by atoms with van der Waals surface area (Å²) >= 11 is 0. The van der Waals surface area contributed by atoms with Crippen molar-refractivity contribution in [3.8, 4) is 0 Å². The van der Waals surface area contributed by atoms with Gasteiger partial charge in [-0.1, -0.05) is 0 Å². The first-order valence-electron chi connectivity index (χ1n) is 5.61. The molecule has 26 heavy (non-hydrogen) atoms. The van der Waals surface area contributed by atoms with Crippen LogP contribution in [0.3, 0.4) is 0 Å². The zero-order valence-electron chi connectivity index (χ0n) is 11.4. The van der Waals surface area contributed by atoms with Crippen LogP contribution in [0.2, 0.25) is 0 Å². The van der Waals surface area contributed by atoms with Crippen LogP contribution in [0.4, 0.5) is 52.7 Å². The van der Waals surface area contributed by atoms with Crippen LogP contribution in [-0.2, 0) is 9.59 Å². The van der Waals surface area contributed by atoms with Crippen molar-refractivity contribution in [3.63, 3.8) is 0 Å². The first-order valence-corrected chi connectivity index (χ1v) is 5.61. The van der Waals surface area contributed by atoms with E-state index in [1.165, 1.54) is 0 Å². The van der Waals surface area contributed by atoms with E-state index in [0.29, 0.717) is 0 Å². The normalized spacial score (nSPS) is 15.3. The molecule has 2 N–H and O–H groups in total. The zero-order chi connectivity index (χ0) is 21.5. The number of hydrogen-bond donors (Lipinski definition) is 2. The monoisotopic (exact) mass is 416 g/mol. The SMILES string of the molecule is O=C(O)/C(=C(\C(=O)O)C(C(F)(F)F)C(F)(F)F)C(C(F)(F)F)C(F)(F)F. The van der Waals surface area contributed by atoms with Crippen LogP contribution in [0.1, 0.15) is 0 Å². The van der Waals surface area contributed by atoms with Crippen molar-refractivity contribution < 1.29 is 72.5 Å². The van der Waals surface area contributed by atoms with Gasteiger partial charge in [-0.3, -0.25) is 0 Å². The first kappa shape index (κ1) is 23.8. The van der Waals surface area contributed by atoms with Crippen molar-refractivity contribution in [2.75, 3.05) is 0 Å². The van der Waals surface area contributed by atoms with Crippen molar-refractivity contribution in [1.29, 1.82) is 0 Å². The highest BCUT2D eigenvalue weighted by atomic mass is 19.4. The Morgan fingerprint density at radius 1 is 0.500 bits per heavy atom. The Morgan fingerprint density at radius 2 is 0.654 bits per heavy atom. The van der Waals surface area contributed by atoms with E-state index >= 15 is 0 Å². The van der Waals surface area contributed by atoms with Gasteiger partial charge in [0, 0.05) is 0 Å². The highest BCUT2D eigenvalue weighted by Gasteiger charge is 2.66. The lowest BCUT2D eigenvalue weighted by Crippen LogP contribution is -2.46. The average Bonchev–Trinajstić information content (AvgIpc) is 2.25. The Kier molecular flexibility index (Phi) is 6.29. The molecule has 0 aromatic carbocycles. The van der Waals surface area contributed by atoms with Crippen LogP contribution in [0.15, 0.2) is 11.1 Å². The minimum atomic E-state index is -6.76. The molecule has 0 saturated heterocycles. The molecule has 0 amide bonds. The minimum absolute atomic E-state index is 3.57. The predicted octanol–water partition coefficient (Wildman–Crippen LogP) is 3.93. The second-order valence-corrected chi connectivity index (χ2v) is 4.47. The maximum atomic E-state index is 12.5. The molecule has 4 nitrogen and oxygen atoms in total. The van der Waals surface area contributed by atoms with E-state index in [1.54, 1.807) is 0 Å². The summed E-state index contributed by atoms with van der Waals surface area (Å²) < 4.78 is 150. The molecule has 0 aromatic heterocycles. The lowest BCUT2D eigenvalue weighted by molar-refractivity contribution is -0.280. The molecule has 0 saturated carbocycles. The standard InChI is InChI=1S/C10H4F12O4/c11-7(12,13)3(8(14,15)16)1(5(23)24)2(6(25)26)4(9(17,18)19)10(20,21)22/h3-4H,(H,23,24)(H,25,26)/b2-1-. The Bertz CT molecular complexity index is 511. The fraction of sp³-hybridized carbons (Fsp3) is 0.600. The first-order chi connectivity index (χ1) is 11.1. The number of carboxylic acids is 2. The number of carbonyl (C=O) groups is 2. The van der Waals surface area contributed by atoms with Gasteiger partial charge >= 0.3 is 36.6 Å². The molecule has 0 spiro atoms.